The van der Waals surface area contributed by atoms with Crippen molar-refractivity contribution in [3.8, 4) is 0 Å². The fourth-order valence-corrected chi connectivity index (χ4v) is 2.88. The van der Waals surface area contributed by atoms with Crippen LogP contribution in [0.15, 0.2) is 40.9 Å². The molecule has 0 fully saturated rings. The van der Waals surface area contributed by atoms with Crippen LogP contribution in [0.1, 0.15) is 27.0 Å². The third-order valence-electron chi connectivity index (χ3n) is 2.96. The van der Waals surface area contributed by atoms with Gasteiger partial charge in [0, 0.05) is 20.9 Å². The SMILES string of the molecule is O=C(c1ccc(CBr)cc1Br)c1ccc(F)cc1C(F)(F)F. The van der Waals surface area contributed by atoms with Crippen molar-refractivity contribution in [3.63, 3.8) is 0 Å². The van der Waals surface area contributed by atoms with Crippen LogP contribution in [0.5, 0.6) is 0 Å². The smallest absolute Gasteiger partial charge is 0.289 e. The molecule has 116 valence electrons. The van der Waals surface area contributed by atoms with Gasteiger partial charge in [-0.25, -0.2) is 4.39 Å². The lowest BCUT2D eigenvalue weighted by Crippen LogP contribution is -2.14. The number of halogens is 6. The second kappa shape index (κ2) is 6.50. The standard InChI is InChI=1S/C15H8Br2F4O/c16-7-8-1-3-11(13(17)5-8)14(22)10-4-2-9(18)6-12(10)15(19,20)21/h1-6H,7H2. The molecular formula is C15H8Br2F4O. The number of alkyl halides is 4. The minimum atomic E-state index is -4.81. The molecule has 0 saturated heterocycles. The Bertz CT molecular complexity index is 726. The first-order chi connectivity index (χ1) is 10.2. The second-order valence-electron chi connectivity index (χ2n) is 4.46. The van der Waals surface area contributed by atoms with Crippen LogP contribution in [0.4, 0.5) is 17.6 Å². The van der Waals surface area contributed by atoms with Gasteiger partial charge in [-0.2, -0.15) is 13.2 Å². The average Bonchev–Trinajstić information content (AvgIpc) is 2.45. The molecule has 1 nitrogen and oxygen atoms in total. The largest absolute Gasteiger partial charge is 0.417 e. The van der Waals surface area contributed by atoms with E-state index in [0.29, 0.717) is 15.9 Å². The third-order valence-corrected chi connectivity index (χ3v) is 4.27. The van der Waals surface area contributed by atoms with E-state index < -0.39 is 28.9 Å². The summed E-state index contributed by atoms with van der Waals surface area (Å²) >= 11 is 6.43. The zero-order chi connectivity index (χ0) is 16.5. The summed E-state index contributed by atoms with van der Waals surface area (Å²) in [5, 5.41) is 0.546. The van der Waals surface area contributed by atoms with Crippen molar-refractivity contribution in [2.75, 3.05) is 0 Å². The normalized spacial score (nSPS) is 11.5. The average molecular weight is 440 g/mol. The fraction of sp³-hybridized carbons (Fsp3) is 0.133. The number of rotatable bonds is 3. The van der Waals surface area contributed by atoms with E-state index in [2.05, 4.69) is 31.9 Å². The van der Waals surface area contributed by atoms with Gasteiger partial charge in [0.2, 0.25) is 0 Å². The lowest BCUT2D eigenvalue weighted by molar-refractivity contribution is -0.138. The van der Waals surface area contributed by atoms with Crippen molar-refractivity contribution in [1.29, 1.82) is 0 Å². The molecule has 0 radical (unpaired) electrons. The summed E-state index contributed by atoms with van der Waals surface area (Å²) in [4.78, 5) is 12.4. The molecular weight excluding hydrogens is 432 g/mol. The lowest BCUT2D eigenvalue weighted by Gasteiger charge is -2.13. The van der Waals surface area contributed by atoms with Gasteiger partial charge in [0.15, 0.2) is 5.78 Å². The topological polar surface area (TPSA) is 17.1 Å². The van der Waals surface area contributed by atoms with Gasteiger partial charge in [0.25, 0.3) is 0 Å². The molecule has 0 N–H and O–H groups in total. The monoisotopic (exact) mass is 438 g/mol. The van der Waals surface area contributed by atoms with E-state index in [4.69, 9.17) is 0 Å². The predicted octanol–water partition coefficient (Wildman–Crippen LogP) is 5.73. The second-order valence-corrected chi connectivity index (χ2v) is 5.88. The van der Waals surface area contributed by atoms with Gasteiger partial charge < -0.3 is 0 Å². The van der Waals surface area contributed by atoms with Crippen molar-refractivity contribution < 1.29 is 22.4 Å². The van der Waals surface area contributed by atoms with Crippen molar-refractivity contribution in [2.45, 2.75) is 11.5 Å². The number of hydrogen-bond acceptors (Lipinski definition) is 1. The summed E-state index contributed by atoms with van der Waals surface area (Å²) in [6, 6.07) is 6.72. The molecule has 2 aromatic carbocycles. The first kappa shape index (κ1) is 17.1. The molecule has 7 heteroatoms. The van der Waals surface area contributed by atoms with E-state index in [-0.39, 0.29) is 5.56 Å². The van der Waals surface area contributed by atoms with Crippen LogP contribution >= 0.6 is 31.9 Å². The lowest BCUT2D eigenvalue weighted by atomic mass is 9.97. The third kappa shape index (κ3) is 3.57. The molecule has 0 heterocycles. The van der Waals surface area contributed by atoms with E-state index >= 15 is 0 Å². The summed E-state index contributed by atoms with van der Waals surface area (Å²) < 4.78 is 52.4. The van der Waals surface area contributed by atoms with Crippen molar-refractivity contribution in [1.82, 2.24) is 0 Å². The van der Waals surface area contributed by atoms with Gasteiger partial charge in [-0.05, 0) is 35.9 Å². The van der Waals surface area contributed by atoms with E-state index in [1.807, 2.05) is 0 Å². The first-order valence-electron chi connectivity index (χ1n) is 6.00. The Balaban J connectivity index is 2.55. The maximum absolute atomic E-state index is 13.1. The maximum Gasteiger partial charge on any atom is 0.417 e. The van der Waals surface area contributed by atoms with Crippen molar-refractivity contribution in [3.05, 3.63) is 68.9 Å². The molecule has 22 heavy (non-hydrogen) atoms. The van der Waals surface area contributed by atoms with Gasteiger partial charge >= 0.3 is 6.18 Å². The molecule has 0 aliphatic rings. The molecule has 0 spiro atoms. The van der Waals surface area contributed by atoms with Crippen LogP contribution in [-0.2, 0) is 11.5 Å². The summed E-state index contributed by atoms with van der Waals surface area (Å²) in [6.45, 7) is 0. The highest BCUT2D eigenvalue weighted by atomic mass is 79.9. The van der Waals surface area contributed by atoms with Crippen molar-refractivity contribution in [2.24, 2.45) is 0 Å². The highest BCUT2D eigenvalue weighted by Gasteiger charge is 2.36. The predicted molar refractivity (Wildman–Crippen MR) is 81.6 cm³/mol. The maximum atomic E-state index is 13.1. The van der Waals surface area contributed by atoms with Gasteiger partial charge in [-0.3, -0.25) is 4.79 Å². The van der Waals surface area contributed by atoms with Crippen molar-refractivity contribution >= 4 is 37.6 Å². The number of carbonyl (C=O) groups is 1. The highest BCUT2D eigenvalue weighted by Crippen LogP contribution is 2.34. The minimum Gasteiger partial charge on any atom is -0.289 e. The molecule has 2 aromatic rings. The Morgan fingerprint density at radius 3 is 2.23 bits per heavy atom. The Morgan fingerprint density at radius 2 is 1.68 bits per heavy atom. The van der Waals surface area contributed by atoms with Crippen LogP contribution in [-0.4, -0.2) is 5.78 Å². The van der Waals surface area contributed by atoms with E-state index in [1.165, 1.54) is 6.07 Å². The Morgan fingerprint density at radius 1 is 1.05 bits per heavy atom. The summed E-state index contributed by atoms with van der Waals surface area (Å²) in [6.07, 6.45) is -4.81. The number of ketones is 1. The Kier molecular flexibility index (Phi) is 5.07. The first-order valence-corrected chi connectivity index (χ1v) is 7.91. The highest BCUT2D eigenvalue weighted by molar-refractivity contribution is 9.10. The van der Waals surface area contributed by atoms with Gasteiger partial charge in [0.1, 0.15) is 5.82 Å². The fourth-order valence-electron chi connectivity index (χ4n) is 1.92. The molecule has 0 saturated carbocycles. The molecule has 0 unspecified atom stereocenters. The van der Waals surface area contributed by atoms with Crippen LogP contribution in [0.3, 0.4) is 0 Å². The molecule has 2 rings (SSSR count). The molecule has 0 aliphatic heterocycles. The molecule has 0 amide bonds. The number of hydrogen-bond donors (Lipinski definition) is 0. The molecule has 0 bridgehead atoms. The molecule has 0 atom stereocenters. The summed E-state index contributed by atoms with van der Waals surface area (Å²) in [5.41, 5.74) is -0.921. The van der Waals surface area contributed by atoms with Crippen LogP contribution in [0.25, 0.3) is 0 Å². The van der Waals surface area contributed by atoms with E-state index in [1.54, 1.807) is 12.1 Å². The molecule has 0 aliphatic carbocycles. The quantitative estimate of drug-likeness (QED) is 0.339. The number of carbonyl (C=O) groups excluding carboxylic acids is 1. The Hall–Kier alpha value is -1.21. The molecule has 0 aromatic heterocycles. The zero-order valence-electron chi connectivity index (χ0n) is 10.8. The van der Waals surface area contributed by atoms with Crippen LogP contribution < -0.4 is 0 Å². The van der Waals surface area contributed by atoms with Gasteiger partial charge in [-0.1, -0.05) is 37.9 Å². The zero-order valence-corrected chi connectivity index (χ0v) is 14.0. The number of benzene rings is 2. The summed E-state index contributed by atoms with van der Waals surface area (Å²) in [7, 11) is 0. The van der Waals surface area contributed by atoms with Gasteiger partial charge in [0.05, 0.1) is 5.56 Å². The van der Waals surface area contributed by atoms with Crippen LogP contribution in [0.2, 0.25) is 0 Å². The van der Waals surface area contributed by atoms with Gasteiger partial charge in [-0.15, -0.1) is 0 Å². The minimum absolute atomic E-state index is 0.0850. The summed E-state index contributed by atoms with van der Waals surface area (Å²) in [5.74, 6) is -1.86. The van der Waals surface area contributed by atoms with E-state index in [9.17, 15) is 22.4 Å². The van der Waals surface area contributed by atoms with Crippen LogP contribution in [0, 0.1) is 5.82 Å². The Labute approximate surface area is 140 Å². The van der Waals surface area contributed by atoms with E-state index in [0.717, 1.165) is 17.7 Å².